The average Bonchev–Trinajstić information content (AvgIpc) is 2.39. The number of aliphatic hydroxyl groups is 1. The number of nitrogens with two attached hydrogens (primary N) is 1. The number of nitrogen functional groups attached to an aromatic ring is 1. The fourth-order valence-corrected chi connectivity index (χ4v) is 2.15. The van der Waals surface area contributed by atoms with Gasteiger partial charge in [-0.1, -0.05) is 0 Å². The standard InChI is InChI=1S/C12H16N4O/c13-6-11-10(14)3-4-12(15-11)16-5-1-2-9(7-16)8-17/h3-4,9,17H,1-2,5,7-8,14H2. The lowest BCUT2D eigenvalue weighted by atomic mass is 9.99. The first-order valence-electron chi connectivity index (χ1n) is 5.77. The van der Waals surface area contributed by atoms with Gasteiger partial charge in [-0.25, -0.2) is 4.98 Å². The van der Waals surface area contributed by atoms with Gasteiger partial charge in [0.05, 0.1) is 5.69 Å². The number of piperidine rings is 1. The van der Waals surface area contributed by atoms with Crippen molar-refractivity contribution in [1.29, 1.82) is 5.26 Å². The predicted octanol–water partition coefficient (Wildman–Crippen LogP) is 0.744. The molecule has 0 aliphatic carbocycles. The summed E-state index contributed by atoms with van der Waals surface area (Å²) >= 11 is 0. The molecule has 17 heavy (non-hydrogen) atoms. The SMILES string of the molecule is N#Cc1nc(N2CCCC(CO)C2)ccc1N. The van der Waals surface area contributed by atoms with Crippen LogP contribution in [-0.4, -0.2) is 29.8 Å². The second-order valence-electron chi connectivity index (χ2n) is 4.36. The molecule has 2 heterocycles. The number of aliphatic hydroxyl groups excluding tert-OH is 1. The number of pyridine rings is 1. The van der Waals surface area contributed by atoms with Gasteiger partial charge in [-0.2, -0.15) is 5.26 Å². The number of anilines is 2. The van der Waals surface area contributed by atoms with Gasteiger partial charge in [0.25, 0.3) is 0 Å². The van der Waals surface area contributed by atoms with E-state index in [-0.39, 0.29) is 12.3 Å². The van der Waals surface area contributed by atoms with Crippen LogP contribution >= 0.6 is 0 Å². The maximum Gasteiger partial charge on any atom is 0.165 e. The molecule has 1 unspecified atom stereocenters. The van der Waals surface area contributed by atoms with E-state index in [1.165, 1.54) is 0 Å². The molecule has 1 aliphatic heterocycles. The van der Waals surface area contributed by atoms with E-state index in [4.69, 9.17) is 11.0 Å². The van der Waals surface area contributed by atoms with Crippen LogP contribution in [0, 0.1) is 17.2 Å². The monoisotopic (exact) mass is 232 g/mol. The minimum absolute atomic E-state index is 0.205. The van der Waals surface area contributed by atoms with Gasteiger partial charge in [0, 0.05) is 19.7 Å². The fraction of sp³-hybridized carbons (Fsp3) is 0.500. The van der Waals surface area contributed by atoms with E-state index in [9.17, 15) is 5.11 Å². The van der Waals surface area contributed by atoms with E-state index < -0.39 is 0 Å². The molecule has 2 rings (SSSR count). The molecule has 0 radical (unpaired) electrons. The molecule has 5 nitrogen and oxygen atoms in total. The second kappa shape index (κ2) is 5.02. The van der Waals surface area contributed by atoms with Crippen molar-refractivity contribution >= 4 is 11.5 Å². The Morgan fingerprint density at radius 1 is 1.59 bits per heavy atom. The number of nitriles is 1. The summed E-state index contributed by atoms with van der Waals surface area (Å²) in [5, 5.41) is 18.1. The van der Waals surface area contributed by atoms with Crippen LogP contribution in [0.5, 0.6) is 0 Å². The summed E-state index contributed by atoms with van der Waals surface area (Å²) in [6.07, 6.45) is 2.09. The zero-order valence-electron chi connectivity index (χ0n) is 9.63. The zero-order chi connectivity index (χ0) is 12.3. The van der Waals surface area contributed by atoms with Crippen LogP contribution in [0.1, 0.15) is 18.5 Å². The first-order chi connectivity index (χ1) is 8.24. The first-order valence-corrected chi connectivity index (χ1v) is 5.77. The summed E-state index contributed by atoms with van der Waals surface area (Å²) in [5.74, 6) is 1.07. The van der Waals surface area contributed by atoms with Crippen molar-refractivity contribution in [2.45, 2.75) is 12.8 Å². The highest BCUT2D eigenvalue weighted by Gasteiger charge is 2.20. The van der Waals surface area contributed by atoms with Crippen LogP contribution in [-0.2, 0) is 0 Å². The van der Waals surface area contributed by atoms with Crippen LogP contribution in [0.2, 0.25) is 0 Å². The van der Waals surface area contributed by atoms with Crippen molar-refractivity contribution in [1.82, 2.24) is 4.98 Å². The highest BCUT2D eigenvalue weighted by molar-refractivity contribution is 5.55. The third-order valence-corrected chi connectivity index (χ3v) is 3.12. The van der Waals surface area contributed by atoms with Crippen LogP contribution in [0.15, 0.2) is 12.1 Å². The molecule has 0 spiro atoms. The minimum Gasteiger partial charge on any atom is -0.396 e. The smallest absolute Gasteiger partial charge is 0.165 e. The summed E-state index contributed by atoms with van der Waals surface area (Å²) in [6, 6.07) is 5.53. The number of rotatable bonds is 2. The van der Waals surface area contributed by atoms with Crippen molar-refractivity contribution in [2.24, 2.45) is 5.92 Å². The van der Waals surface area contributed by atoms with E-state index in [1.807, 2.05) is 12.1 Å². The van der Waals surface area contributed by atoms with Gasteiger partial charge in [-0.15, -0.1) is 0 Å². The highest BCUT2D eigenvalue weighted by atomic mass is 16.3. The van der Waals surface area contributed by atoms with Gasteiger partial charge >= 0.3 is 0 Å². The molecule has 0 saturated carbocycles. The summed E-state index contributed by atoms with van der Waals surface area (Å²) in [4.78, 5) is 6.34. The van der Waals surface area contributed by atoms with Gasteiger partial charge in [0.1, 0.15) is 11.9 Å². The van der Waals surface area contributed by atoms with E-state index in [1.54, 1.807) is 6.07 Å². The lowest BCUT2D eigenvalue weighted by Crippen LogP contribution is -2.37. The number of hydrogen-bond acceptors (Lipinski definition) is 5. The molecular formula is C12H16N4O. The Hall–Kier alpha value is -1.80. The molecule has 90 valence electrons. The molecule has 1 aromatic heterocycles. The van der Waals surface area contributed by atoms with Crippen molar-refractivity contribution in [3.05, 3.63) is 17.8 Å². The predicted molar refractivity (Wildman–Crippen MR) is 65.4 cm³/mol. The Morgan fingerprint density at radius 2 is 2.41 bits per heavy atom. The summed E-state index contributed by atoms with van der Waals surface area (Å²) in [7, 11) is 0. The van der Waals surface area contributed by atoms with Gasteiger partial charge in [-0.05, 0) is 30.9 Å². The Bertz CT molecular complexity index is 441. The molecule has 1 fully saturated rings. The van der Waals surface area contributed by atoms with Gasteiger partial charge < -0.3 is 15.7 Å². The largest absolute Gasteiger partial charge is 0.396 e. The highest BCUT2D eigenvalue weighted by Crippen LogP contribution is 2.23. The lowest BCUT2D eigenvalue weighted by molar-refractivity contribution is 0.208. The number of aromatic nitrogens is 1. The quantitative estimate of drug-likeness (QED) is 0.785. The third kappa shape index (κ3) is 2.48. The molecule has 3 N–H and O–H groups in total. The van der Waals surface area contributed by atoms with Crippen LogP contribution in [0.25, 0.3) is 0 Å². The summed E-state index contributed by atoms with van der Waals surface area (Å²) < 4.78 is 0. The first kappa shape index (κ1) is 11.7. The maximum atomic E-state index is 9.18. The number of nitrogens with zero attached hydrogens (tertiary/aromatic N) is 3. The van der Waals surface area contributed by atoms with Crippen LogP contribution < -0.4 is 10.6 Å². The van der Waals surface area contributed by atoms with Crippen molar-refractivity contribution in [3.63, 3.8) is 0 Å². The van der Waals surface area contributed by atoms with E-state index >= 15 is 0 Å². The average molecular weight is 232 g/mol. The van der Waals surface area contributed by atoms with Gasteiger partial charge in [0.15, 0.2) is 5.69 Å². The zero-order valence-corrected chi connectivity index (χ0v) is 9.63. The van der Waals surface area contributed by atoms with Crippen LogP contribution in [0.3, 0.4) is 0 Å². The topological polar surface area (TPSA) is 86.2 Å². The molecule has 0 amide bonds. The molecule has 1 aliphatic rings. The maximum absolute atomic E-state index is 9.18. The van der Waals surface area contributed by atoms with E-state index in [2.05, 4.69) is 9.88 Å². The molecule has 5 heteroatoms. The molecule has 0 aromatic carbocycles. The van der Waals surface area contributed by atoms with Crippen molar-refractivity contribution in [2.75, 3.05) is 30.3 Å². The molecule has 1 aromatic rings. The molecule has 1 saturated heterocycles. The fourth-order valence-electron chi connectivity index (χ4n) is 2.15. The Balaban J connectivity index is 2.19. The Morgan fingerprint density at radius 3 is 3.12 bits per heavy atom. The van der Waals surface area contributed by atoms with E-state index in [0.29, 0.717) is 11.6 Å². The Kier molecular flexibility index (Phi) is 3.45. The van der Waals surface area contributed by atoms with Crippen LogP contribution in [0.4, 0.5) is 11.5 Å². The normalized spacial score (nSPS) is 20.0. The minimum atomic E-state index is 0.205. The summed E-state index contributed by atoms with van der Waals surface area (Å²) in [6.45, 7) is 1.91. The number of hydrogen-bond donors (Lipinski definition) is 2. The third-order valence-electron chi connectivity index (χ3n) is 3.12. The molecule has 1 atom stereocenters. The second-order valence-corrected chi connectivity index (χ2v) is 4.36. The lowest BCUT2D eigenvalue weighted by Gasteiger charge is -2.32. The van der Waals surface area contributed by atoms with Gasteiger partial charge in [0.2, 0.25) is 0 Å². The van der Waals surface area contributed by atoms with Gasteiger partial charge in [-0.3, -0.25) is 0 Å². The van der Waals surface area contributed by atoms with E-state index in [0.717, 1.165) is 31.7 Å². The van der Waals surface area contributed by atoms with Crippen molar-refractivity contribution < 1.29 is 5.11 Å². The Labute approximate surface area is 100 Å². The molecule has 0 bridgehead atoms. The van der Waals surface area contributed by atoms with Crippen molar-refractivity contribution in [3.8, 4) is 6.07 Å². The summed E-state index contributed by atoms with van der Waals surface area (Å²) in [5.41, 5.74) is 6.32. The molecular weight excluding hydrogens is 216 g/mol.